The Hall–Kier alpha value is -3.58. The van der Waals surface area contributed by atoms with Crippen LogP contribution < -0.4 is 10.2 Å². The first-order chi connectivity index (χ1) is 15.6. The minimum absolute atomic E-state index is 0.0332. The summed E-state index contributed by atoms with van der Waals surface area (Å²) < 4.78 is 5.78. The molecular formula is C25H21N3O3S. The fourth-order valence-corrected chi connectivity index (χ4v) is 4.77. The van der Waals surface area contributed by atoms with Crippen LogP contribution in [0.1, 0.15) is 28.4 Å². The lowest BCUT2D eigenvalue weighted by Gasteiger charge is -2.15. The Balaban J connectivity index is 1.31. The lowest BCUT2D eigenvalue weighted by molar-refractivity contribution is -0.116. The van der Waals surface area contributed by atoms with Crippen LogP contribution in [0.15, 0.2) is 76.4 Å². The van der Waals surface area contributed by atoms with Gasteiger partial charge in [0, 0.05) is 36.2 Å². The molecule has 3 aromatic carbocycles. The molecule has 160 valence electrons. The fourth-order valence-electron chi connectivity index (χ4n) is 3.93. The number of anilines is 2. The third-order valence-electron chi connectivity index (χ3n) is 5.50. The number of oxazole rings is 1. The van der Waals surface area contributed by atoms with E-state index in [1.165, 1.54) is 11.8 Å². The van der Waals surface area contributed by atoms with E-state index < -0.39 is 0 Å². The zero-order valence-electron chi connectivity index (χ0n) is 17.5. The van der Waals surface area contributed by atoms with Crippen LogP contribution in [0, 0.1) is 0 Å². The number of carbonyl (C=O) groups excluding carboxylic acids is 2. The van der Waals surface area contributed by atoms with Gasteiger partial charge in [0.15, 0.2) is 5.58 Å². The SMILES string of the molecule is CC(=O)N1CCc2cc(NC(=O)c3ccccc3CSc3nc4ccccc4o3)ccc21. The number of benzene rings is 3. The van der Waals surface area contributed by atoms with Gasteiger partial charge in [-0.15, -0.1) is 0 Å². The summed E-state index contributed by atoms with van der Waals surface area (Å²) in [5.74, 6) is 0.430. The lowest BCUT2D eigenvalue weighted by atomic mass is 10.1. The van der Waals surface area contributed by atoms with Gasteiger partial charge in [0.25, 0.3) is 11.1 Å². The summed E-state index contributed by atoms with van der Waals surface area (Å²) in [6.45, 7) is 2.25. The van der Waals surface area contributed by atoms with Crippen molar-refractivity contribution in [3.05, 3.63) is 83.4 Å². The Bertz CT molecular complexity index is 1300. The first-order valence-electron chi connectivity index (χ1n) is 10.4. The molecule has 2 amide bonds. The van der Waals surface area contributed by atoms with Crippen molar-refractivity contribution >= 4 is 46.1 Å². The lowest BCUT2D eigenvalue weighted by Crippen LogP contribution is -2.25. The molecule has 4 aromatic rings. The van der Waals surface area contributed by atoms with E-state index in [4.69, 9.17) is 4.42 Å². The second kappa shape index (κ2) is 8.51. The smallest absolute Gasteiger partial charge is 0.257 e. The minimum Gasteiger partial charge on any atom is -0.431 e. The molecule has 1 aliphatic rings. The maximum atomic E-state index is 13.0. The van der Waals surface area contributed by atoms with Gasteiger partial charge in [-0.3, -0.25) is 9.59 Å². The van der Waals surface area contributed by atoms with Gasteiger partial charge >= 0.3 is 0 Å². The standard InChI is InChI=1S/C25H21N3O3S/c1-16(29)28-13-12-17-14-19(10-11-22(17)28)26-24(30)20-7-3-2-6-18(20)15-32-25-27-21-8-4-5-9-23(21)31-25/h2-11,14H,12-13,15H2,1H3,(H,26,30). The number of fused-ring (bicyclic) bond motifs is 2. The predicted octanol–water partition coefficient (Wildman–Crippen LogP) is 5.28. The first-order valence-corrected chi connectivity index (χ1v) is 11.4. The third-order valence-corrected chi connectivity index (χ3v) is 6.38. The third kappa shape index (κ3) is 3.99. The highest BCUT2D eigenvalue weighted by Gasteiger charge is 2.22. The molecule has 0 spiro atoms. The Morgan fingerprint density at radius 2 is 1.91 bits per heavy atom. The van der Waals surface area contributed by atoms with Crippen LogP contribution in [0.25, 0.3) is 11.1 Å². The summed E-state index contributed by atoms with van der Waals surface area (Å²) in [5, 5.41) is 3.58. The van der Waals surface area contributed by atoms with E-state index >= 15 is 0 Å². The molecule has 6 nitrogen and oxygen atoms in total. The van der Waals surface area contributed by atoms with Crippen molar-refractivity contribution in [2.45, 2.75) is 24.3 Å². The van der Waals surface area contributed by atoms with E-state index in [-0.39, 0.29) is 11.8 Å². The quantitative estimate of drug-likeness (QED) is 0.425. The van der Waals surface area contributed by atoms with Gasteiger partial charge in [-0.05, 0) is 53.9 Å². The maximum absolute atomic E-state index is 13.0. The minimum atomic E-state index is -0.167. The summed E-state index contributed by atoms with van der Waals surface area (Å²) in [6, 6.07) is 20.9. The zero-order valence-corrected chi connectivity index (χ0v) is 18.3. The molecule has 32 heavy (non-hydrogen) atoms. The van der Waals surface area contributed by atoms with Crippen LogP contribution >= 0.6 is 11.8 Å². The molecule has 0 fully saturated rings. The van der Waals surface area contributed by atoms with Crippen molar-refractivity contribution in [1.29, 1.82) is 0 Å². The van der Waals surface area contributed by atoms with Crippen LogP contribution in [0.5, 0.6) is 0 Å². The summed E-state index contributed by atoms with van der Waals surface area (Å²) in [4.78, 5) is 31.0. The van der Waals surface area contributed by atoms with Gasteiger partial charge in [0.05, 0.1) is 0 Å². The van der Waals surface area contributed by atoms with E-state index in [0.29, 0.717) is 23.1 Å². The van der Waals surface area contributed by atoms with Crippen LogP contribution in [-0.4, -0.2) is 23.3 Å². The van der Waals surface area contributed by atoms with Gasteiger partial charge in [-0.1, -0.05) is 42.1 Å². The highest BCUT2D eigenvalue weighted by molar-refractivity contribution is 7.98. The number of rotatable bonds is 5. The molecule has 0 saturated heterocycles. The Morgan fingerprint density at radius 1 is 1.09 bits per heavy atom. The molecule has 0 radical (unpaired) electrons. The van der Waals surface area contributed by atoms with Crippen LogP contribution in [-0.2, 0) is 17.0 Å². The van der Waals surface area contributed by atoms with Crippen LogP contribution in [0.3, 0.4) is 0 Å². The summed E-state index contributed by atoms with van der Waals surface area (Å²) >= 11 is 1.46. The molecule has 2 heterocycles. The van der Waals surface area contributed by atoms with Crippen molar-refractivity contribution < 1.29 is 14.0 Å². The van der Waals surface area contributed by atoms with Crippen molar-refractivity contribution in [2.75, 3.05) is 16.8 Å². The zero-order chi connectivity index (χ0) is 22.1. The maximum Gasteiger partial charge on any atom is 0.257 e. The number of nitrogens with one attached hydrogen (secondary N) is 1. The van der Waals surface area contributed by atoms with E-state index in [1.54, 1.807) is 11.8 Å². The normalized spacial score (nSPS) is 12.7. The van der Waals surface area contributed by atoms with E-state index in [9.17, 15) is 9.59 Å². The second-order valence-corrected chi connectivity index (χ2v) is 8.54. The average Bonchev–Trinajstić information content (AvgIpc) is 3.41. The largest absolute Gasteiger partial charge is 0.431 e. The van der Waals surface area contributed by atoms with Crippen LogP contribution in [0.4, 0.5) is 11.4 Å². The number of thioether (sulfide) groups is 1. The number of para-hydroxylation sites is 2. The number of carbonyl (C=O) groups is 2. The van der Waals surface area contributed by atoms with Crippen molar-refractivity contribution in [1.82, 2.24) is 4.98 Å². The topological polar surface area (TPSA) is 75.4 Å². The number of aromatic nitrogens is 1. The predicted molar refractivity (Wildman–Crippen MR) is 126 cm³/mol. The van der Waals surface area contributed by atoms with Crippen LogP contribution in [0.2, 0.25) is 0 Å². The highest BCUT2D eigenvalue weighted by atomic mass is 32.2. The molecule has 0 aliphatic carbocycles. The highest BCUT2D eigenvalue weighted by Crippen LogP contribution is 2.31. The van der Waals surface area contributed by atoms with Crippen molar-refractivity contribution in [3.8, 4) is 0 Å². The molecule has 5 rings (SSSR count). The Morgan fingerprint density at radius 3 is 2.75 bits per heavy atom. The first kappa shape index (κ1) is 20.3. The molecule has 1 aromatic heterocycles. The molecule has 0 unspecified atom stereocenters. The molecule has 0 bridgehead atoms. The van der Waals surface area contributed by atoms with E-state index in [2.05, 4.69) is 10.3 Å². The van der Waals surface area contributed by atoms with Gasteiger partial charge in [-0.25, -0.2) is 4.98 Å². The van der Waals surface area contributed by atoms with Gasteiger partial charge in [0.2, 0.25) is 5.91 Å². The van der Waals surface area contributed by atoms with Gasteiger partial charge in [-0.2, -0.15) is 0 Å². The summed E-state index contributed by atoms with van der Waals surface area (Å²) in [6.07, 6.45) is 0.788. The molecule has 7 heteroatoms. The summed E-state index contributed by atoms with van der Waals surface area (Å²) in [5.41, 5.74) is 5.80. The Labute approximate surface area is 189 Å². The van der Waals surface area contributed by atoms with E-state index in [0.717, 1.165) is 40.0 Å². The molecule has 0 saturated carbocycles. The monoisotopic (exact) mass is 443 g/mol. The number of amides is 2. The molecule has 0 atom stereocenters. The fraction of sp³-hybridized carbons (Fsp3) is 0.160. The van der Waals surface area contributed by atoms with Crippen molar-refractivity contribution in [3.63, 3.8) is 0 Å². The van der Waals surface area contributed by atoms with Gasteiger partial charge in [0.1, 0.15) is 5.52 Å². The average molecular weight is 444 g/mol. The van der Waals surface area contributed by atoms with Crippen molar-refractivity contribution in [2.24, 2.45) is 0 Å². The molecule has 1 N–H and O–H groups in total. The Kier molecular flexibility index (Phi) is 5.41. The molecular weight excluding hydrogens is 422 g/mol. The van der Waals surface area contributed by atoms with E-state index in [1.807, 2.05) is 66.7 Å². The number of hydrogen-bond donors (Lipinski definition) is 1. The van der Waals surface area contributed by atoms with Gasteiger partial charge < -0.3 is 14.6 Å². The summed E-state index contributed by atoms with van der Waals surface area (Å²) in [7, 11) is 0. The molecule has 1 aliphatic heterocycles. The second-order valence-electron chi connectivity index (χ2n) is 7.61. The number of hydrogen-bond acceptors (Lipinski definition) is 5. The number of nitrogens with zero attached hydrogens (tertiary/aromatic N) is 2.